The summed E-state index contributed by atoms with van der Waals surface area (Å²) in [6, 6.07) is 17.1. The van der Waals surface area contributed by atoms with Gasteiger partial charge in [-0.2, -0.15) is 0 Å². The van der Waals surface area contributed by atoms with E-state index in [0.717, 1.165) is 12.1 Å². The van der Waals surface area contributed by atoms with Crippen LogP contribution in [0.4, 0.5) is 0 Å². The predicted molar refractivity (Wildman–Crippen MR) is 84.7 cm³/mol. The Kier molecular flexibility index (Phi) is 3.48. The van der Waals surface area contributed by atoms with Gasteiger partial charge in [-0.05, 0) is 48.4 Å². The Labute approximate surface area is 119 Å². The molecule has 2 aromatic carbocycles. The topological polar surface area (TPSA) is 24.9 Å². The lowest BCUT2D eigenvalue weighted by Gasteiger charge is -2.11. The normalized spacial score (nSPS) is 10.9. The van der Waals surface area contributed by atoms with Crippen LogP contribution in [0.25, 0.3) is 22.0 Å². The molecule has 0 amide bonds. The average molecular weight is 262 g/mol. The van der Waals surface area contributed by atoms with E-state index in [-0.39, 0.29) is 0 Å². The minimum atomic E-state index is 0.901. The van der Waals surface area contributed by atoms with Gasteiger partial charge in [0.05, 0.1) is 5.52 Å². The maximum absolute atomic E-state index is 4.43. The van der Waals surface area contributed by atoms with Crippen LogP contribution in [0.1, 0.15) is 11.1 Å². The molecule has 0 aliphatic rings. The first kappa shape index (κ1) is 12.8. The molecule has 3 aromatic rings. The van der Waals surface area contributed by atoms with Crippen molar-refractivity contribution in [2.75, 3.05) is 7.05 Å². The molecule has 3 rings (SSSR count). The number of fused-ring (bicyclic) bond motifs is 1. The van der Waals surface area contributed by atoms with Crippen molar-refractivity contribution in [2.45, 2.75) is 13.5 Å². The number of aryl methyl sites for hydroxylation is 1. The molecule has 0 saturated carbocycles. The van der Waals surface area contributed by atoms with Crippen LogP contribution >= 0.6 is 0 Å². The first-order valence-electron chi connectivity index (χ1n) is 6.88. The molecule has 0 unspecified atom stereocenters. The first-order chi connectivity index (χ1) is 9.79. The van der Waals surface area contributed by atoms with Gasteiger partial charge in [0.1, 0.15) is 0 Å². The van der Waals surface area contributed by atoms with Crippen molar-refractivity contribution in [2.24, 2.45) is 0 Å². The number of nitrogens with zero attached hydrogens (tertiary/aromatic N) is 1. The molecule has 0 saturated heterocycles. The van der Waals surface area contributed by atoms with Crippen LogP contribution in [-0.2, 0) is 6.54 Å². The maximum Gasteiger partial charge on any atom is 0.0708 e. The predicted octanol–water partition coefficient (Wildman–Crippen LogP) is 3.93. The Morgan fingerprint density at radius 1 is 1.00 bits per heavy atom. The van der Waals surface area contributed by atoms with E-state index in [4.69, 9.17) is 0 Å². The third kappa shape index (κ3) is 2.30. The van der Waals surface area contributed by atoms with E-state index in [0.29, 0.717) is 0 Å². The molecule has 2 nitrogen and oxygen atoms in total. The highest BCUT2D eigenvalue weighted by Crippen LogP contribution is 2.30. The summed E-state index contributed by atoms with van der Waals surface area (Å²) in [7, 11) is 1.97. The standard InChI is InChI=1S/C18H18N2/c1-13-11-14(12-19-2)8-9-15(13)16-5-3-7-18-17(16)6-4-10-20-18/h3-11,19H,12H2,1-2H3. The molecule has 20 heavy (non-hydrogen) atoms. The maximum atomic E-state index is 4.43. The fourth-order valence-electron chi connectivity index (χ4n) is 2.68. The van der Waals surface area contributed by atoms with Crippen LogP contribution in [0.5, 0.6) is 0 Å². The van der Waals surface area contributed by atoms with Crippen molar-refractivity contribution in [1.82, 2.24) is 10.3 Å². The van der Waals surface area contributed by atoms with E-state index >= 15 is 0 Å². The highest BCUT2D eigenvalue weighted by Gasteiger charge is 2.07. The van der Waals surface area contributed by atoms with E-state index in [1.54, 1.807) is 0 Å². The molecule has 1 heterocycles. The summed E-state index contributed by atoms with van der Waals surface area (Å²) in [5, 5.41) is 4.40. The molecule has 1 aromatic heterocycles. The number of aromatic nitrogens is 1. The molecule has 100 valence electrons. The molecule has 0 aliphatic heterocycles. The smallest absolute Gasteiger partial charge is 0.0708 e. The second kappa shape index (κ2) is 5.43. The Morgan fingerprint density at radius 3 is 2.70 bits per heavy atom. The van der Waals surface area contributed by atoms with E-state index in [2.05, 4.69) is 59.7 Å². The van der Waals surface area contributed by atoms with Crippen molar-refractivity contribution in [3.8, 4) is 11.1 Å². The number of nitrogens with one attached hydrogen (secondary N) is 1. The molecule has 0 fully saturated rings. The molecule has 0 radical (unpaired) electrons. The van der Waals surface area contributed by atoms with Gasteiger partial charge in [0.2, 0.25) is 0 Å². The average Bonchev–Trinajstić information content (AvgIpc) is 2.47. The summed E-state index contributed by atoms with van der Waals surface area (Å²) in [6.45, 7) is 3.07. The zero-order valence-corrected chi connectivity index (χ0v) is 11.9. The van der Waals surface area contributed by atoms with Gasteiger partial charge in [-0.3, -0.25) is 4.98 Å². The highest BCUT2D eigenvalue weighted by molar-refractivity contribution is 5.95. The summed E-state index contributed by atoms with van der Waals surface area (Å²) < 4.78 is 0. The fraction of sp³-hybridized carbons (Fsp3) is 0.167. The van der Waals surface area contributed by atoms with E-state index in [1.807, 2.05) is 19.3 Å². The Bertz CT molecular complexity index is 742. The van der Waals surface area contributed by atoms with Gasteiger partial charge in [-0.25, -0.2) is 0 Å². The van der Waals surface area contributed by atoms with E-state index in [1.165, 1.54) is 27.6 Å². The minimum Gasteiger partial charge on any atom is -0.316 e. The number of hydrogen-bond donors (Lipinski definition) is 1. The molecule has 2 heteroatoms. The zero-order chi connectivity index (χ0) is 13.9. The number of pyridine rings is 1. The quantitative estimate of drug-likeness (QED) is 0.773. The van der Waals surface area contributed by atoms with Crippen molar-refractivity contribution >= 4 is 10.9 Å². The summed E-state index contributed by atoms with van der Waals surface area (Å²) in [5.41, 5.74) is 6.19. The van der Waals surface area contributed by atoms with Crippen LogP contribution in [0, 0.1) is 6.92 Å². The van der Waals surface area contributed by atoms with Crippen molar-refractivity contribution in [3.63, 3.8) is 0 Å². The molecule has 0 aliphatic carbocycles. The second-order valence-electron chi connectivity index (χ2n) is 5.06. The second-order valence-corrected chi connectivity index (χ2v) is 5.06. The first-order valence-corrected chi connectivity index (χ1v) is 6.88. The van der Waals surface area contributed by atoms with E-state index < -0.39 is 0 Å². The third-order valence-corrected chi connectivity index (χ3v) is 3.61. The van der Waals surface area contributed by atoms with Gasteiger partial charge < -0.3 is 5.32 Å². The minimum absolute atomic E-state index is 0.901. The largest absolute Gasteiger partial charge is 0.316 e. The highest BCUT2D eigenvalue weighted by atomic mass is 14.8. The lowest BCUT2D eigenvalue weighted by atomic mass is 9.95. The third-order valence-electron chi connectivity index (χ3n) is 3.61. The van der Waals surface area contributed by atoms with Crippen molar-refractivity contribution in [1.29, 1.82) is 0 Å². The van der Waals surface area contributed by atoms with Gasteiger partial charge in [0, 0.05) is 18.1 Å². The number of hydrogen-bond acceptors (Lipinski definition) is 2. The lowest BCUT2D eigenvalue weighted by molar-refractivity contribution is 0.817. The Balaban J connectivity index is 2.16. The van der Waals surface area contributed by atoms with Gasteiger partial charge >= 0.3 is 0 Å². The van der Waals surface area contributed by atoms with Crippen LogP contribution in [0.2, 0.25) is 0 Å². The van der Waals surface area contributed by atoms with Crippen molar-refractivity contribution < 1.29 is 0 Å². The van der Waals surface area contributed by atoms with E-state index in [9.17, 15) is 0 Å². The van der Waals surface area contributed by atoms with Gasteiger partial charge in [0.25, 0.3) is 0 Å². The molecule has 1 N–H and O–H groups in total. The number of benzene rings is 2. The Morgan fingerprint density at radius 2 is 1.90 bits per heavy atom. The van der Waals surface area contributed by atoms with Gasteiger partial charge in [-0.15, -0.1) is 0 Å². The summed E-state index contributed by atoms with van der Waals surface area (Å²) in [6.07, 6.45) is 1.84. The van der Waals surface area contributed by atoms with Gasteiger partial charge in [-0.1, -0.05) is 36.4 Å². The van der Waals surface area contributed by atoms with Crippen LogP contribution in [0.3, 0.4) is 0 Å². The van der Waals surface area contributed by atoms with Crippen LogP contribution in [0.15, 0.2) is 54.7 Å². The SMILES string of the molecule is CNCc1ccc(-c2cccc3ncccc23)c(C)c1. The molecule has 0 atom stereocenters. The van der Waals surface area contributed by atoms with Gasteiger partial charge in [0.15, 0.2) is 0 Å². The lowest BCUT2D eigenvalue weighted by Crippen LogP contribution is -2.05. The molecular weight excluding hydrogens is 244 g/mol. The van der Waals surface area contributed by atoms with Crippen molar-refractivity contribution in [3.05, 3.63) is 65.9 Å². The van der Waals surface area contributed by atoms with Crippen LogP contribution in [-0.4, -0.2) is 12.0 Å². The molecule has 0 spiro atoms. The number of rotatable bonds is 3. The molecule has 0 bridgehead atoms. The monoisotopic (exact) mass is 262 g/mol. The summed E-state index contributed by atoms with van der Waals surface area (Å²) >= 11 is 0. The fourth-order valence-corrected chi connectivity index (χ4v) is 2.68. The van der Waals surface area contributed by atoms with Crippen LogP contribution < -0.4 is 5.32 Å². The summed E-state index contributed by atoms with van der Waals surface area (Å²) in [4.78, 5) is 4.43. The molecular formula is C18H18N2. The zero-order valence-electron chi connectivity index (χ0n) is 11.9. The summed E-state index contributed by atoms with van der Waals surface area (Å²) in [5.74, 6) is 0. The Hall–Kier alpha value is -2.19.